The topological polar surface area (TPSA) is 541 Å². The largest absolute Gasteiger partial charge is 0.356 e. The Morgan fingerprint density at radius 2 is 0.551 bits per heavy atom. The predicted molar refractivity (Wildman–Crippen MR) is 476 cm³/mol. The van der Waals surface area contributed by atoms with Crippen LogP contribution in [0.15, 0.2) is 98.4 Å². The molecule has 10 rings (SSSR count). The van der Waals surface area contributed by atoms with Crippen molar-refractivity contribution >= 4 is 146 Å². The first-order valence-corrected chi connectivity index (χ1v) is 40.2. The van der Waals surface area contributed by atoms with E-state index in [0.717, 1.165) is 38.8 Å². The molecule has 10 aromatic rings. The van der Waals surface area contributed by atoms with Gasteiger partial charge in [-0.05, 0) is 89.1 Å². The summed E-state index contributed by atoms with van der Waals surface area (Å²) in [6.07, 6.45) is 20.6. The minimum Gasteiger partial charge on any atom is -0.356 e. The van der Waals surface area contributed by atoms with Crippen molar-refractivity contribution in [1.82, 2.24) is 97.1 Å². The van der Waals surface area contributed by atoms with Crippen LogP contribution in [0.2, 0.25) is 0 Å². The number of aryl methyl sites for hydroxylation is 10. The minimum absolute atomic E-state index is 0.00755. The zero-order valence-electron chi connectivity index (χ0n) is 74.6. The van der Waals surface area contributed by atoms with Crippen LogP contribution in [0.3, 0.4) is 0 Å². The van der Waals surface area contributed by atoms with Crippen molar-refractivity contribution in [1.29, 1.82) is 0 Å². The molecule has 45 heteroatoms. The van der Waals surface area contributed by atoms with Gasteiger partial charge < -0.3 is 130 Å². The quantitative estimate of drug-likeness (QED) is 0.0234. The zero-order chi connectivity index (χ0) is 93.8. The number of anilines is 10. The van der Waals surface area contributed by atoms with Crippen molar-refractivity contribution in [2.75, 3.05) is 108 Å². The molecule has 15 amide bonds. The van der Waals surface area contributed by atoms with Crippen molar-refractivity contribution < 1.29 is 71.9 Å². The number of nitrogens with one attached hydrogen (secondary N) is 15. The van der Waals surface area contributed by atoms with E-state index in [1.165, 1.54) is 92.9 Å². The lowest BCUT2D eigenvalue weighted by atomic mass is 10.3. The van der Waals surface area contributed by atoms with E-state index in [4.69, 9.17) is 0 Å². The fourth-order valence-electron chi connectivity index (χ4n) is 12.3. The molecule has 0 bridgehead atoms. The number of imidazole rings is 4. The first-order valence-electron chi connectivity index (χ1n) is 40.2. The summed E-state index contributed by atoms with van der Waals surface area (Å²) in [6.45, 7) is 11.1. The fraction of sp³-hybridized carbons (Fsp3) is 0.378. The van der Waals surface area contributed by atoms with Gasteiger partial charge in [0.2, 0.25) is 52.8 Å². The molecule has 0 aromatic carbocycles. The monoisotopic (exact) mass is 1760 g/mol. The lowest BCUT2D eigenvalue weighted by Crippen LogP contribution is -2.27. The molecular formula is C82H112N30O15. The van der Waals surface area contributed by atoms with Crippen LogP contribution in [-0.4, -0.2) is 213 Å². The summed E-state index contributed by atoms with van der Waals surface area (Å²) in [6, 6.07) is 9.24. The highest BCUT2D eigenvalue weighted by Gasteiger charge is 2.26. The summed E-state index contributed by atoms with van der Waals surface area (Å²) < 4.78 is 15.3. The van der Waals surface area contributed by atoms with E-state index >= 15 is 0 Å². The van der Waals surface area contributed by atoms with Gasteiger partial charge in [-0.15, -0.1) is 0 Å². The van der Waals surface area contributed by atoms with Crippen molar-refractivity contribution in [2.24, 2.45) is 70.5 Å². The van der Waals surface area contributed by atoms with Gasteiger partial charge in [0, 0.05) is 199 Å². The highest BCUT2D eigenvalue weighted by Crippen LogP contribution is 2.24. The van der Waals surface area contributed by atoms with E-state index in [-0.39, 0.29) is 136 Å². The molecule has 0 atom stereocenters. The van der Waals surface area contributed by atoms with Gasteiger partial charge in [0.25, 0.3) is 59.1 Å². The van der Waals surface area contributed by atoms with Crippen LogP contribution in [0.5, 0.6) is 0 Å². The smallest absolute Gasteiger partial charge is 0.292 e. The number of carbonyl (C=O) groups excluding carboxylic acids is 15. The first-order chi connectivity index (χ1) is 60.1. The third kappa shape index (κ3) is 28.8. The maximum atomic E-state index is 13.2. The molecular weight excluding hydrogens is 1650 g/mol. The van der Waals surface area contributed by atoms with Gasteiger partial charge in [-0.25, -0.2) is 19.9 Å². The number of carbonyl (C=O) groups is 15. The predicted octanol–water partition coefficient (Wildman–Crippen LogP) is 5.06. The SMILES string of the molecule is CCCC(=O)NCCCN(C)C.CCCC(=O)Nc1cc(C(=O)Nc2cc(C(=O)NC)n(C)c2)n(C)c1.CCCNC(=O)c1nc(NC(=O)c2nc(NC(C)=O)cn2C)cn1C.CNC(=O)c1cc(NC(=O)c2cc(NC(=O)c3cc(NC(=O)CCCNC(=O)c4nc(NC(=O)c5cc(NC(=O)c6nc(NC(C)=O)cn6C)cn5C)cn4C)cn3C)cn2C)cn1C. The summed E-state index contributed by atoms with van der Waals surface area (Å²) in [5.41, 5.74) is 4.43. The second-order valence-electron chi connectivity index (χ2n) is 29.6. The molecule has 0 saturated carbocycles. The van der Waals surface area contributed by atoms with Crippen LogP contribution in [-0.2, 0) is 94.4 Å². The van der Waals surface area contributed by atoms with Gasteiger partial charge in [0.1, 0.15) is 34.2 Å². The molecule has 0 aliphatic rings. The molecule has 45 nitrogen and oxygen atoms in total. The Kier molecular flexibility index (Phi) is 35.8. The summed E-state index contributed by atoms with van der Waals surface area (Å²) in [5.74, 6) is -3.98. The molecule has 10 aromatic heterocycles. The molecule has 0 fully saturated rings. The van der Waals surface area contributed by atoms with E-state index in [1.807, 2.05) is 34.9 Å². The van der Waals surface area contributed by atoms with E-state index in [1.54, 1.807) is 150 Å². The van der Waals surface area contributed by atoms with E-state index in [9.17, 15) is 71.9 Å². The van der Waals surface area contributed by atoms with Crippen LogP contribution >= 0.6 is 0 Å². The van der Waals surface area contributed by atoms with Gasteiger partial charge in [0.05, 0.1) is 34.1 Å². The Hall–Kier alpha value is -15.5. The maximum Gasteiger partial charge on any atom is 0.292 e. The van der Waals surface area contributed by atoms with E-state index < -0.39 is 35.4 Å². The Morgan fingerprint density at radius 1 is 0.283 bits per heavy atom. The summed E-state index contributed by atoms with van der Waals surface area (Å²) in [4.78, 5) is 202. The van der Waals surface area contributed by atoms with Crippen molar-refractivity contribution in [3.63, 3.8) is 0 Å². The number of nitrogens with zero attached hydrogens (tertiary/aromatic N) is 15. The molecule has 15 N–H and O–H groups in total. The Bertz CT molecular complexity index is 5680. The maximum absolute atomic E-state index is 13.2. The average Bonchev–Trinajstić information content (AvgIpc) is 1.68. The Balaban J connectivity index is 0.000000288. The molecule has 0 unspecified atom stereocenters. The molecule has 127 heavy (non-hydrogen) atoms. The fourth-order valence-corrected chi connectivity index (χ4v) is 12.3. The van der Waals surface area contributed by atoms with Crippen molar-refractivity contribution in [2.45, 2.75) is 86.0 Å². The van der Waals surface area contributed by atoms with Crippen molar-refractivity contribution in [3.8, 4) is 0 Å². The highest BCUT2D eigenvalue weighted by molar-refractivity contribution is 6.10. The second-order valence-corrected chi connectivity index (χ2v) is 29.6. The Morgan fingerprint density at radius 3 is 0.874 bits per heavy atom. The third-order valence-corrected chi connectivity index (χ3v) is 18.3. The summed E-state index contributed by atoms with van der Waals surface area (Å²) in [5, 5.41) is 40.1. The number of hydrogen-bond donors (Lipinski definition) is 15. The minimum atomic E-state index is -0.564. The Labute approximate surface area is 731 Å². The van der Waals surface area contributed by atoms with Crippen LogP contribution in [0.25, 0.3) is 0 Å². The molecule has 0 aliphatic carbocycles. The number of aromatic nitrogens is 14. The normalized spacial score (nSPS) is 10.6. The van der Waals surface area contributed by atoms with Gasteiger partial charge in [-0.1, -0.05) is 20.8 Å². The molecule has 0 aliphatic heterocycles. The summed E-state index contributed by atoms with van der Waals surface area (Å²) >= 11 is 0. The lowest BCUT2D eigenvalue weighted by molar-refractivity contribution is -0.121. The van der Waals surface area contributed by atoms with Gasteiger partial charge in [-0.2, -0.15) is 0 Å². The van der Waals surface area contributed by atoms with E-state index in [0.29, 0.717) is 70.6 Å². The zero-order valence-corrected chi connectivity index (χ0v) is 74.6. The molecule has 680 valence electrons. The van der Waals surface area contributed by atoms with E-state index in [2.05, 4.69) is 105 Å². The van der Waals surface area contributed by atoms with Gasteiger partial charge in [0.15, 0.2) is 23.3 Å². The molecule has 10 heterocycles. The molecule has 0 radical (unpaired) electrons. The number of rotatable bonds is 34. The first kappa shape index (κ1) is 98.6. The van der Waals surface area contributed by atoms with Crippen LogP contribution in [0.4, 0.5) is 57.4 Å². The van der Waals surface area contributed by atoms with Crippen molar-refractivity contribution in [3.05, 3.63) is 156 Å². The number of amides is 15. The van der Waals surface area contributed by atoms with Crippen LogP contribution < -0.4 is 79.8 Å². The molecule has 0 saturated heterocycles. The van der Waals surface area contributed by atoms with Crippen LogP contribution in [0, 0.1) is 0 Å². The molecule has 0 spiro atoms. The third-order valence-electron chi connectivity index (χ3n) is 18.3. The summed E-state index contributed by atoms with van der Waals surface area (Å²) in [7, 11) is 23.7. The lowest BCUT2D eigenvalue weighted by Gasteiger charge is -2.09. The van der Waals surface area contributed by atoms with Gasteiger partial charge >= 0.3 is 0 Å². The number of hydrogen-bond acceptors (Lipinski definition) is 20. The average molecular weight is 1760 g/mol. The van der Waals surface area contributed by atoms with Crippen LogP contribution in [0.1, 0.15) is 191 Å². The standard InChI is InChI=1S/C41H48N16O8.C17H23N5O3.C15H21N7O3.C9H20N2O/c1-22(58)44-31-20-57(8)35(49-31)41(65)48-26-15-30(55(6)19-26)39(63)51-32-21-56(7)34(50-32)40(64)43-11-9-10-33(59)45-23-12-28(53(4)16-23)37(61)47-25-14-29(54(5)18-25)38(62)46-24-13-27(36(60)42-2)52(3)17-24;1-5-6-15(23)19-11-7-14(22(4)9-11)17(25)20-12-8-13(16(24)18-2)21(3)10-12;1-5-6-16-14(24)12-19-11(8-21(12)3)20-15(25)13-18-10(7-22(13)4)17-9(2)23;1-4-6-9(12)10-7-5-8-11(2)3/h12-21H,9-11H2,1-8H3,(H,42,60)(H,43,64)(H,44,58)(H,45,59)(H,46,62)(H,47,61)(H,48,65)(H,51,63);7-10H,5-6H2,1-4H3,(H,18,24)(H,19,23)(H,20,25);7-8H,5-6H2,1-4H3,(H,16,24)(H,17,23)(H,20,25);4-8H2,1-3H3,(H,10,12). The second kappa shape index (κ2) is 46.1. The highest BCUT2D eigenvalue weighted by atomic mass is 16.2. The van der Waals surface area contributed by atoms with Gasteiger partial charge in [-0.3, -0.25) is 71.9 Å².